The van der Waals surface area contributed by atoms with Crippen LogP contribution in [0.5, 0.6) is 0 Å². The van der Waals surface area contributed by atoms with Crippen LogP contribution in [0.1, 0.15) is 33.6 Å². The maximum absolute atomic E-state index is 12.4. The Morgan fingerprint density at radius 1 is 1.61 bits per heavy atom. The molecule has 1 heterocycles. The summed E-state index contributed by atoms with van der Waals surface area (Å²) in [5.74, 6) is 0.600. The zero-order chi connectivity index (χ0) is 13.7. The molecular formula is C12H24N4O2. The molecule has 1 aliphatic rings. The molecule has 0 aromatic rings. The van der Waals surface area contributed by atoms with Crippen LogP contribution in [0, 0.1) is 5.92 Å². The van der Waals surface area contributed by atoms with Gasteiger partial charge in [-0.25, -0.2) is 4.79 Å². The Morgan fingerprint density at radius 2 is 2.28 bits per heavy atom. The highest BCUT2D eigenvalue weighted by atomic mass is 16.4. The Labute approximate surface area is 108 Å². The van der Waals surface area contributed by atoms with E-state index in [0.29, 0.717) is 5.92 Å². The van der Waals surface area contributed by atoms with Crippen molar-refractivity contribution < 1.29 is 10.0 Å². The van der Waals surface area contributed by atoms with E-state index >= 15 is 0 Å². The lowest BCUT2D eigenvalue weighted by atomic mass is 10.0. The number of likely N-dealkylation sites (tertiary alicyclic amines) is 1. The van der Waals surface area contributed by atoms with Crippen LogP contribution in [-0.2, 0) is 0 Å². The number of oxime groups is 1. The first-order valence-corrected chi connectivity index (χ1v) is 6.47. The van der Waals surface area contributed by atoms with E-state index in [9.17, 15) is 4.79 Å². The van der Waals surface area contributed by atoms with Crippen molar-refractivity contribution in [3.63, 3.8) is 0 Å². The van der Waals surface area contributed by atoms with Gasteiger partial charge in [-0.2, -0.15) is 0 Å². The van der Waals surface area contributed by atoms with Crippen molar-refractivity contribution in [2.45, 2.75) is 39.7 Å². The first-order valence-electron chi connectivity index (χ1n) is 6.47. The van der Waals surface area contributed by atoms with Crippen molar-refractivity contribution in [3.8, 4) is 0 Å². The van der Waals surface area contributed by atoms with Crippen LogP contribution < -0.4 is 5.73 Å². The second kappa shape index (κ2) is 6.47. The molecule has 104 valence electrons. The molecule has 18 heavy (non-hydrogen) atoms. The summed E-state index contributed by atoms with van der Waals surface area (Å²) in [5, 5.41) is 11.5. The molecule has 2 amide bonds. The third-order valence-electron chi connectivity index (χ3n) is 3.26. The summed E-state index contributed by atoms with van der Waals surface area (Å²) in [6.45, 7) is 7.76. The van der Waals surface area contributed by atoms with Crippen molar-refractivity contribution in [1.82, 2.24) is 9.80 Å². The van der Waals surface area contributed by atoms with E-state index < -0.39 is 0 Å². The van der Waals surface area contributed by atoms with Crippen LogP contribution in [0.3, 0.4) is 0 Å². The topological polar surface area (TPSA) is 82.2 Å². The number of hydrogen-bond acceptors (Lipinski definition) is 3. The fourth-order valence-corrected chi connectivity index (χ4v) is 2.22. The summed E-state index contributed by atoms with van der Waals surface area (Å²) < 4.78 is 0. The van der Waals surface area contributed by atoms with Crippen molar-refractivity contribution in [1.29, 1.82) is 0 Å². The van der Waals surface area contributed by atoms with E-state index in [1.54, 1.807) is 4.90 Å². The first-order chi connectivity index (χ1) is 8.45. The Morgan fingerprint density at radius 3 is 2.78 bits per heavy atom. The number of carbonyl (C=O) groups is 1. The summed E-state index contributed by atoms with van der Waals surface area (Å²) in [6, 6.07) is -0.00168. The van der Waals surface area contributed by atoms with Crippen molar-refractivity contribution in [2.24, 2.45) is 16.8 Å². The minimum Gasteiger partial charge on any atom is -0.409 e. The third-order valence-corrected chi connectivity index (χ3v) is 3.26. The van der Waals surface area contributed by atoms with Crippen LogP contribution in [0.15, 0.2) is 5.16 Å². The Balaban J connectivity index is 2.69. The number of urea groups is 1. The highest BCUT2D eigenvalue weighted by Crippen LogP contribution is 2.17. The number of nitrogens with two attached hydrogens (primary N) is 1. The molecule has 1 fully saturated rings. The predicted molar refractivity (Wildman–Crippen MR) is 70.6 cm³/mol. The molecule has 1 aliphatic heterocycles. The molecule has 6 nitrogen and oxygen atoms in total. The molecule has 0 aromatic heterocycles. The SMILES string of the molecule is CC1CCCN(C(=O)N(CC(N)=NO)C(C)C)C1. The summed E-state index contributed by atoms with van der Waals surface area (Å²) >= 11 is 0. The second-order valence-electron chi connectivity index (χ2n) is 5.29. The van der Waals surface area contributed by atoms with Gasteiger partial charge in [-0.15, -0.1) is 0 Å². The zero-order valence-corrected chi connectivity index (χ0v) is 11.5. The van der Waals surface area contributed by atoms with Gasteiger partial charge in [0.25, 0.3) is 0 Å². The summed E-state index contributed by atoms with van der Waals surface area (Å²) in [5.41, 5.74) is 5.49. The van der Waals surface area contributed by atoms with Gasteiger partial charge in [-0.05, 0) is 32.6 Å². The van der Waals surface area contributed by atoms with E-state index in [0.717, 1.165) is 19.5 Å². The lowest BCUT2D eigenvalue weighted by Gasteiger charge is -2.36. The molecule has 0 radical (unpaired) electrons. The Bertz CT molecular complexity index is 317. The molecule has 0 bridgehead atoms. The zero-order valence-electron chi connectivity index (χ0n) is 11.5. The van der Waals surface area contributed by atoms with Crippen LogP contribution in [0.2, 0.25) is 0 Å². The number of rotatable bonds is 3. The van der Waals surface area contributed by atoms with Crippen molar-refractivity contribution in [3.05, 3.63) is 0 Å². The van der Waals surface area contributed by atoms with Gasteiger partial charge in [-0.1, -0.05) is 12.1 Å². The van der Waals surface area contributed by atoms with Crippen molar-refractivity contribution >= 4 is 11.9 Å². The summed E-state index contributed by atoms with van der Waals surface area (Å²) in [4.78, 5) is 15.9. The first kappa shape index (κ1) is 14.6. The molecule has 1 saturated heterocycles. The van der Waals surface area contributed by atoms with Gasteiger partial charge in [0.1, 0.15) is 0 Å². The summed E-state index contributed by atoms with van der Waals surface area (Å²) in [7, 11) is 0. The molecule has 0 saturated carbocycles. The van der Waals surface area contributed by atoms with Gasteiger partial charge < -0.3 is 20.7 Å². The van der Waals surface area contributed by atoms with Gasteiger partial charge in [-0.3, -0.25) is 0 Å². The molecule has 1 rings (SSSR count). The maximum atomic E-state index is 12.4. The molecular weight excluding hydrogens is 232 g/mol. The average Bonchev–Trinajstić information content (AvgIpc) is 2.34. The number of nitrogens with zero attached hydrogens (tertiary/aromatic N) is 3. The molecule has 1 atom stereocenters. The number of hydrogen-bond donors (Lipinski definition) is 2. The van der Waals surface area contributed by atoms with E-state index in [4.69, 9.17) is 10.9 Å². The lowest BCUT2D eigenvalue weighted by molar-refractivity contribution is 0.126. The number of amides is 2. The van der Waals surface area contributed by atoms with E-state index in [-0.39, 0.29) is 24.5 Å². The van der Waals surface area contributed by atoms with E-state index in [1.807, 2.05) is 18.7 Å². The largest absolute Gasteiger partial charge is 0.409 e. The molecule has 0 aliphatic carbocycles. The Kier molecular flexibility index (Phi) is 5.25. The highest BCUT2D eigenvalue weighted by Gasteiger charge is 2.27. The van der Waals surface area contributed by atoms with E-state index in [1.165, 1.54) is 6.42 Å². The fourth-order valence-electron chi connectivity index (χ4n) is 2.22. The van der Waals surface area contributed by atoms with Crippen LogP contribution in [-0.4, -0.2) is 52.5 Å². The number of carbonyl (C=O) groups excluding carboxylic acids is 1. The van der Waals surface area contributed by atoms with E-state index in [2.05, 4.69) is 12.1 Å². The van der Waals surface area contributed by atoms with Crippen LogP contribution in [0.25, 0.3) is 0 Å². The molecule has 1 unspecified atom stereocenters. The van der Waals surface area contributed by atoms with Gasteiger partial charge >= 0.3 is 6.03 Å². The quantitative estimate of drug-likeness (QED) is 0.345. The predicted octanol–water partition coefficient (Wildman–Crippen LogP) is 1.30. The molecule has 0 spiro atoms. The normalized spacial score (nSPS) is 21.2. The molecule has 3 N–H and O–H groups in total. The summed E-state index contributed by atoms with van der Waals surface area (Å²) in [6.07, 6.45) is 2.22. The van der Waals surface area contributed by atoms with Gasteiger partial charge in [0, 0.05) is 19.1 Å². The molecule has 6 heteroatoms. The average molecular weight is 256 g/mol. The van der Waals surface area contributed by atoms with Gasteiger partial charge in [0.2, 0.25) is 0 Å². The van der Waals surface area contributed by atoms with Crippen molar-refractivity contribution in [2.75, 3.05) is 19.6 Å². The minimum absolute atomic E-state index is 0.0232. The van der Waals surface area contributed by atoms with Crippen LogP contribution >= 0.6 is 0 Å². The monoisotopic (exact) mass is 256 g/mol. The molecule has 0 aromatic carbocycles. The standard InChI is InChI=1S/C12H24N4O2/c1-9(2)16(8-11(13)14-18)12(17)15-6-4-5-10(3)7-15/h9-10,18H,4-8H2,1-3H3,(H2,13,14). The highest BCUT2D eigenvalue weighted by molar-refractivity contribution is 5.86. The van der Waals surface area contributed by atoms with Gasteiger partial charge in [0.05, 0.1) is 6.54 Å². The smallest absolute Gasteiger partial charge is 0.320 e. The van der Waals surface area contributed by atoms with Gasteiger partial charge in [0.15, 0.2) is 5.84 Å². The number of piperidine rings is 1. The number of amidine groups is 1. The minimum atomic E-state index is -0.0249. The third kappa shape index (κ3) is 3.78. The second-order valence-corrected chi connectivity index (χ2v) is 5.29. The van der Waals surface area contributed by atoms with Crippen LogP contribution in [0.4, 0.5) is 4.79 Å². The fraction of sp³-hybridized carbons (Fsp3) is 0.833. The maximum Gasteiger partial charge on any atom is 0.320 e. The lowest BCUT2D eigenvalue weighted by Crippen LogP contribution is -2.51. The Hall–Kier alpha value is -1.46.